The lowest BCUT2D eigenvalue weighted by Crippen LogP contribution is -2.62. The number of hydrogen-bond acceptors (Lipinski definition) is 5. The van der Waals surface area contributed by atoms with E-state index in [1.54, 1.807) is 15.9 Å². The van der Waals surface area contributed by atoms with Gasteiger partial charge in [-0.15, -0.1) is 0 Å². The van der Waals surface area contributed by atoms with Gasteiger partial charge < -0.3 is 25.0 Å². The van der Waals surface area contributed by atoms with Gasteiger partial charge in [-0.3, -0.25) is 14.4 Å². The minimum atomic E-state index is -0.915. The van der Waals surface area contributed by atoms with E-state index in [0.29, 0.717) is 61.3 Å². The van der Waals surface area contributed by atoms with Crippen LogP contribution in [-0.2, 0) is 27.2 Å². The van der Waals surface area contributed by atoms with Gasteiger partial charge in [-0.1, -0.05) is 54.6 Å². The molecule has 242 valence electrons. The summed E-state index contributed by atoms with van der Waals surface area (Å²) in [5, 5.41) is 12.6. The molecular formula is C36H39BrFN3O5. The maximum absolute atomic E-state index is 14.1. The molecule has 46 heavy (non-hydrogen) atoms. The molecule has 2 amide bonds. The van der Waals surface area contributed by atoms with Gasteiger partial charge in [0, 0.05) is 63.6 Å². The summed E-state index contributed by atoms with van der Waals surface area (Å²) in [7, 11) is 1.82. The lowest BCUT2D eigenvalue weighted by Gasteiger charge is -2.44. The fraction of sp³-hybridized carbons (Fsp3) is 0.361. The molecule has 1 fully saturated rings. The van der Waals surface area contributed by atoms with Crippen molar-refractivity contribution in [1.82, 2.24) is 15.1 Å². The maximum Gasteiger partial charge on any atom is 0.303 e. The number of nitrogens with one attached hydrogen (secondary N) is 1. The van der Waals surface area contributed by atoms with Crippen molar-refractivity contribution in [3.05, 3.63) is 105 Å². The summed E-state index contributed by atoms with van der Waals surface area (Å²) in [4.78, 5) is 41.7. The van der Waals surface area contributed by atoms with Gasteiger partial charge in [0.1, 0.15) is 11.6 Å². The van der Waals surface area contributed by atoms with Crippen LogP contribution >= 0.6 is 15.9 Å². The second-order valence-corrected chi connectivity index (χ2v) is 12.7. The average Bonchev–Trinajstić information content (AvgIpc) is 3.05. The number of carbonyl (C=O) groups excluding carboxylic acids is 2. The Labute approximate surface area is 277 Å². The predicted molar refractivity (Wildman–Crippen MR) is 178 cm³/mol. The topological polar surface area (TPSA) is 99.2 Å². The number of carboxylic acids is 1. The first-order chi connectivity index (χ1) is 22.2. The molecular weight excluding hydrogens is 653 g/mol. The zero-order chi connectivity index (χ0) is 32.6. The van der Waals surface area contributed by atoms with Crippen molar-refractivity contribution in [1.29, 1.82) is 0 Å². The standard InChI is InChI=1S/C36H39BrFN3O5/c1-40(18-16-24-6-3-2-4-7-24)36(45)35-29(21-28-22-41(23-31(35)39-28)33(42)8-5-9-34(43)44)26-12-10-25(11-13-26)17-19-46-32-20-27(38)14-15-30(32)37/h2-4,6-7,10-15,20,28,31,39H,5,8-9,16-19,21-23H2,1H3,(H,43,44). The van der Waals surface area contributed by atoms with E-state index in [1.807, 2.05) is 61.6 Å². The lowest BCUT2D eigenvalue weighted by atomic mass is 9.82. The van der Waals surface area contributed by atoms with Crippen LogP contribution in [0.25, 0.3) is 5.57 Å². The fourth-order valence-corrected chi connectivity index (χ4v) is 6.47. The first kappa shape index (κ1) is 33.3. The number of ether oxygens (including phenoxy) is 1. The number of aliphatic carboxylic acids is 1. The molecule has 8 nitrogen and oxygen atoms in total. The minimum absolute atomic E-state index is 0.0267. The van der Waals surface area contributed by atoms with E-state index >= 15 is 0 Å². The normalized spacial score (nSPS) is 17.5. The number of nitrogens with zero attached hydrogens (tertiary/aromatic N) is 2. The maximum atomic E-state index is 14.1. The average molecular weight is 693 g/mol. The zero-order valence-electron chi connectivity index (χ0n) is 25.9. The van der Waals surface area contributed by atoms with E-state index in [2.05, 4.69) is 21.2 Å². The third-order valence-corrected chi connectivity index (χ3v) is 9.19. The molecule has 0 spiro atoms. The molecule has 10 heteroatoms. The minimum Gasteiger partial charge on any atom is -0.492 e. The number of carboxylic acid groups (broad SMARTS) is 1. The number of carbonyl (C=O) groups is 3. The number of likely N-dealkylation sites (N-methyl/N-ethyl adjacent to an activating group) is 1. The quantitative estimate of drug-likeness (QED) is 0.246. The van der Waals surface area contributed by atoms with Gasteiger partial charge in [0.15, 0.2) is 0 Å². The molecule has 2 atom stereocenters. The van der Waals surface area contributed by atoms with Gasteiger partial charge in [-0.25, -0.2) is 4.39 Å². The van der Waals surface area contributed by atoms with Gasteiger partial charge >= 0.3 is 5.97 Å². The molecule has 2 heterocycles. The van der Waals surface area contributed by atoms with Crippen molar-refractivity contribution in [2.75, 3.05) is 33.3 Å². The Morgan fingerprint density at radius 1 is 1.00 bits per heavy atom. The summed E-state index contributed by atoms with van der Waals surface area (Å²) in [5.74, 6) is -0.967. The Morgan fingerprint density at radius 3 is 2.48 bits per heavy atom. The number of fused-ring (bicyclic) bond motifs is 2. The van der Waals surface area contributed by atoms with Crippen molar-refractivity contribution in [3.8, 4) is 5.75 Å². The summed E-state index contributed by atoms with van der Waals surface area (Å²) in [5.41, 5.74) is 4.82. The number of piperazine rings is 1. The fourth-order valence-electron chi connectivity index (χ4n) is 6.11. The largest absolute Gasteiger partial charge is 0.492 e. The predicted octanol–water partition coefficient (Wildman–Crippen LogP) is 5.49. The molecule has 0 radical (unpaired) electrons. The third kappa shape index (κ3) is 8.61. The van der Waals surface area contributed by atoms with E-state index in [4.69, 9.17) is 9.84 Å². The van der Waals surface area contributed by atoms with E-state index in [9.17, 15) is 18.8 Å². The molecule has 0 saturated carbocycles. The van der Waals surface area contributed by atoms with Crippen LogP contribution in [0, 0.1) is 5.82 Å². The Kier molecular flexibility index (Phi) is 11.2. The summed E-state index contributed by atoms with van der Waals surface area (Å²) < 4.78 is 20.1. The van der Waals surface area contributed by atoms with E-state index < -0.39 is 5.97 Å². The van der Waals surface area contributed by atoms with E-state index in [-0.39, 0.29) is 42.6 Å². The highest BCUT2D eigenvalue weighted by Gasteiger charge is 2.40. The van der Waals surface area contributed by atoms with Gasteiger partial charge in [0.05, 0.1) is 17.1 Å². The molecule has 2 N–H and O–H groups in total. The van der Waals surface area contributed by atoms with Crippen LogP contribution in [0.15, 0.2) is 82.8 Å². The van der Waals surface area contributed by atoms with Crippen LogP contribution in [-0.4, -0.2) is 78.1 Å². The Balaban J connectivity index is 1.34. The number of amides is 2. The van der Waals surface area contributed by atoms with E-state index in [0.717, 1.165) is 28.7 Å². The highest BCUT2D eigenvalue weighted by atomic mass is 79.9. The van der Waals surface area contributed by atoms with E-state index in [1.165, 1.54) is 12.1 Å². The lowest BCUT2D eigenvalue weighted by molar-refractivity contribution is -0.138. The highest BCUT2D eigenvalue weighted by molar-refractivity contribution is 9.10. The van der Waals surface area contributed by atoms with Crippen LogP contribution < -0.4 is 10.1 Å². The Morgan fingerprint density at radius 2 is 1.74 bits per heavy atom. The number of benzene rings is 3. The number of rotatable bonds is 13. The van der Waals surface area contributed by atoms with Crippen molar-refractivity contribution in [3.63, 3.8) is 0 Å². The third-order valence-electron chi connectivity index (χ3n) is 8.54. The van der Waals surface area contributed by atoms with Gasteiger partial charge in [-0.05, 0) is 69.6 Å². The smallest absolute Gasteiger partial charge is 0.303 e. The van der Waals surface area contributed by atoms with Crippen LogP contribution in [0.1, 0.15) is 42.4 Å². The molecule has 1 saturated heterocycles. The molecule has 2 bridgehead atoms. The second-order valence-electron chi connectivity index (χ2n) is 11.9. The molecule has 2 aliphatic heterocycles. The molecule has 2 unspecified atom stereocenters. The molecule has 5 rings (SSSR count). The zero-order valence-corrected chi connectivity index (χ0v) is 27.5. The summed E-state index contributed by atoms with van der Waals surface area (Å²) >= 11 is 3.39. The van der Waals surface area contributed by atoms with Gasteiger partial charge in [0.2, 0.25) is 5.91 Å². The van der Waals surface area contributed by atoms with Crippen LogP contribution in [0.4, 0.5) is 4.39 Å². The summed E-state index contributed by atoms with van der Waals surface area (Å²) in [6, 6.07) is 22.2. The van der Waals surface area contributed by atoms with Crippen LogP contribution in [0.2, 0.25) is 0 Å². The Bertz CT molecular complexity index is 1580. The first-order valence-corrected chi connectivity index (χ1v) is 16.4. The van der Waals surface area contributed by atoms with Crippen molar-refractivity contribution >= 4 is 39.3 Å². The monoisotopic (exact) mass is 691 g/mol. The summed E-state index contributed by atoms with van der Waals surface area (Å²) in [6.07, 6.45) is 2.35. The van der Waals surface area contributed by atoms with Gasteiger partial charge in [-0.2, -0.15) is 0 Å². The van der Waals surface area contributed by atoms with Crippen molar-refractivity contribution in [2.45, 2.75) is 50.6 Å². The molecule has 0 aromatic heterocycles. The first-order valence-electron chi connectivity index (χ1n) is 15.6. The number of halogens is 2. The molecule has 3 aromatic rings. The molecule has 3 aromatic carbocycles. The highest BCUT2D eigenvalue weighted by Crippen LogP contribution is 2.34. The second kappa shape index (κ2) is 15.5. The molecule has 2 aliphatic rings. The van der Waals surface area contributed by atoms with Crippen molar-refractivity contribution in [2.24, 2.45) is 0 Å². The van der Waals surface area contributed by atoms with Crippen LogP contribution in [0.3, 0.4) is 0 Å². The number of hydrogen-bond donors (Lipinski definition) is 2. The van der Waals surface area contributed by atoms with Crippen molar-refractivity contribution < 1.29 is 28.6 Å². The van der Waals surface area contributed by atoms with Gasteiger partial charge in [0.25, 0.3) is 5.91 Å². The van der Waals surface area contributed by atoms with Crippen LogP contribution in [0.5, 0.6) is 5.75 Å². The Hall–Kier alpha value is -4.02. The summed E-state index contributed by atoms with van der Waals surface area (Å²) in [6.45, 7) is 1.78. The SMILES string of the molecule is CN(CCc1ccccc1)C(=O)C1=C(c2ccc(CCOc3cc(F)ccc3Br)cc2)CC2CN(C(=O)CCCC(=O)O)CC1N2. The molecule has 0 aliphatic carbocycles.